The zero-order valence-electron chi connectivity index (χ0n) is 9.93. The van der Waals surface area contributed by atoms with Crippen molar-refractivity contribution in [2.45, 2.75) is 25.7 Å². The van der Waals surface area contributed by atoms with Crippen molar-refractivity contribution in [3.05, 3.63) is 29.8 Å². The summed E-state index contributed by atoms with van der Waals surface area (Å²) in [6.45, 7) is 3.73. The molecule has 17 heavy (non-hydrogen) atoms. The van der Waals surface area contributed by atoms with Crippen LogP contribution in [0.5, 0.6) is 0 Å². The lowest BCUT2D eigenvalue weighted by Gasteiger charge is -2.37. The number of rotatable bonds is 2. The van der Waals surface area contributed by atoms with Gasteiger partial charge in [0.05, 0.1) is 0 Å². The molecule has 1 aromatic rings. The van der Waals surface area contributed by atoms with E-state index >= 15 is 0 Å². The topological polar surface area (TPSA) is 57.6 Å². The molecule has 0 unspecified atom stereocenters. The van der Waals surface area contributed by atoms with Crippen molar-refractivity contribution in [1.29, 1.82) is 0 Å². The smallest absolute Gasteiger partial charge is 0.323 e. The molecule has 0 atom stereocenters. The van der Waals surface area contributed by atoms with E-state index in [4.69, 9.17) is 5.11 Å². The van der Waals surface area contributed by atoms with Crippen LogP contribution in [0.4, 0.5) is 5.69 Å². The third-order valence-electron chi connectivity index (χ3n) is 3.11. The molecular weight excluding hydrogens is 218 g/mol. The minimum absolute atomic E-state index is 0.129. The van der Waals surface area contributed by atoms with Gasteiger partial charge in [-0.1, -0.05) is 32.0 Å². The van der Waals surface area contributed by atoms with Gasteiger partial charge >= 0.3 is 5.97 Å². The number of para-hydroxylation sites is 1. The first-order valence-corrected chi connectivity index (χ1v) is 5.53. The van der Waals surface area contributed by atoms with Gasteiger partial charge in [0.25, 0.3) is 0 Å². The van der Waals surface area contributed by atoms with Gasteiger partial charge < -0.3 is 10.0 Å². The maximum atomic E-state index is 12.0. The lowest BCUT2D eigenvalue weighted by atomic mass is 9.77. The number of anilines is 1. The summed E-state index contributed by atoms with van der Waals surface area (Å²) in [5, 5.41) is 8.85. The average molecular weight is 233 g/mol. The van der Waals surface area contributed by atoms with Crippen molar-refractivity contribution in [2.75, 3.05) is 11.4 Å². The molecule has 1 amide bonds. The Hall–Kier alpha value is -1.84. The van der Waals surface area contributed by atoms with Crippen molar-refractivity contribution in [3.63, 3.8) is 0 Å². The zero-order chi connectivity index (χ0) is 12.6. The fourth-order valence-electron chi connectivity index (χ4n) is 2.29. The van der Waals surface area contributed by atoms with Crippen molar-refractivity contribution in [1.82, 2.24) is 0 Å². The minimum Gasteiger partial charge on any atom is -0.480 e. The lowest BCUT2D eigenvalue weighted by Crippen LogP contribution is -2.44. The number of carbonyl (C=O) groups is 2. The van der Waals surface area contributed by atoms with Gasteiger partial charge in [0, 0.05) is 17.5 Å². The quantitative estimate of drug-likeness (QED) is 0.847. The molecule has 4 nitrogen and oxygen atoms in total. The molecular formula is C13H15NO3. The summed E-state index contributed by atoms with van der Waals surface area (Å²) >= 11 is 0. The number of fused-ring (bicyclic) bond motifs is 1. The van der Waals surface area contributed by atoms with Crippen molar-refractivity contribution < 1.29 is 14.7 Å². The van der Waals surface area contributed by atoms with Crippen LogP contribution in [0.1, 0.15) is 25.8 Å². The van der Waals surface area contributed by atoms with Crippen molar-refractivity contribution in [3.8, 4) is 0 Å². The average Bonchev–Trinajstić information content (AvgIpc) is 2.23. The second-order valence-electron chi connectivity index (χ2n) is 4.95. The van der Waals surface area contributed by atoms with Gasteiger partial charge in [-0.25, -0.2) is 0 Å². The maximum Gasteiger partial charge on any atom is 0.323 e. The Morgan fingerprint density at radius 2 is 2.06 bits per heavy atom. The third-order valence-corrected chi connectivity index (χ3v) is 3.11. The molecule has 0 saturated heterocycles. The largest absolute Gasteiger partial charge is 0.480 e. The molecule has 0 aliphatic carbocycles. The first-order chi connectivity index (χ1) is 7.92. The van der Waals surface area contributed by atoms with Crippen LogP contribution in [0.25, 0.3) is 0 Å². The fraction of sp³-hybridized carbons (Fsp3) is 0.385. The number of carboxylic acid groups (broad SMARTS) is 1. The molecule has 1 heterocycles. The summed E-state index contributed by atoms with van der Waals surface area (Å²) in [6, 6.07) is 7.49. The van der Waals surface area contributed by atoms with E-state index in [1.807, 2.05) is 32.0 Å². The third kappa shape index (κ3) is 2.02. The van der Waals surface area contributed by atoms with Crippen LogP contribution < -0.4 is 4.90 Å². The maximum absolute atomic E-state index is 12.0. The van der Waals surface area contributed by atoms with Crippen LogP contribution in [-0.4, -0.2) is 23.5 Å². The molecule has 1 aliphatic heterocycles. The summed E-state index contributed by atoms with van der Waals surface area (Å²) in [7, 11) is 0. The summed E-state index contributed by atoms with van der Waals surface area (Å²) in [5.41, 5.74) is 1.51. The SMILES string of the molecule is CC1(C)CC(=O)N(CC(=O)O)c2ccccc21. The number of carbonyl (C=O) groups excluding carboxylic acids is 1. The Bertz CT molecular complexity index is 479. The number of hydrogen-bond donors (Lipinski definition) is 1. The molecule has 0 aromatic heterocycles. The van der Waals surface area contributed by atoms with Crippen LogP contribution >= 0.6 is 0 Å². The summed E-state index contributed by atoms with van der Waals surface area (Å²) in [5.74, 6) is -1.12. The highest BCUT2D eigenvalue weighted by molar-refractivity contribution is 6.01. The van der Waals surface area contributed by atoms with Gasteiger partial charge in [-0.15, -0.1) is 0 Å². The highest BCUT2D eigenvalue weighted by atomic mass is 16.4. The van der Waals surface area contributed by atoms with E-state index < -0.39 is 5.97 Å². The Kier molecular flexibility index (Phi) is 2.65. The van der Waals surface area contributed by atoms with E-state index in [2.05, 4.69) is 0 Å². The van der Waals surface area contributed by atoms with Gasteiger partial charge in [0.1, 0.15) is 6.54 Å². The number of benzene rings is 1. The number of hydrogen-bond acceptors (Lipinski definition) is 2. The normalized spacial score (nSPS) is 17.8. The van der Waals surface area contributed by atoms with Gasteiger partial charge in [-0.2, -0.15) is 0 Å². The van der Waals surface area contributed by atoms with E-state index in [9.17, 15) is 9.59 Å². The molecule has 0 spiro atoms. The van der Waals surface area contributed by atoms with Crippen molar-refractivity contribution >= 4 is 17.6 Å². The molecule has 0 radical (unpaired) electrons. The molecule has 0 fully saturated rings. The number of nitrogens with zero attached hydrogens (tertiary/aromatic N) is 1. The predicted octanol–water partition coefficient (Wildman–Crippen LogP) is 1.79. The zero-order valence-corrected chi connectivity index (χ0v) is 9.93. The molecule has 1 N–H and O–H groups in total. The molecule has 2 rings (SSSR count). The second kappa shape index (κ2) is 3.87. The van der Waals surface area contributed by atoms with Crippen LogP contribution in [0, 0.1) is 0 Å². The van der Waals surface area contributed by atoms with Gasteiger partial charge in [0.15, 0.2) is 0 Å². The molecule has 90 valence electrons. The Morgan fingerprint density at radius 1 is 1.41 bits per heavy atom. The van der Waals surface area contributed by atoms with Crippen LogP contribution in [-0.2, 0) is 15.0 Å². The summed E-state index contributed by atoms with van der Waals surface area (Å²) < 4.78 is 0. The molecule has 0 bridgehead atoms. The summed E-state index contributed by atoms with van der Waals surface area (Å²) in [6.07, 6.45) is 0.345. The Labute approximate surface area is 99.9 Å². The second-order valence-corrected chi connectivity index (χ2v) is 4.95. The van der Waals surface area contributed by atoms with Gasteiger partial charge in [0.2, 0.25) is 5.91 Å². The Morgan fingerprint density at radius 3 is 2.71 bits per heavy atom. The monoisotopic (exact) mass is 233 g/mol. The van der Waals surface area contributed by atoms with E-state index in [1.54, 1.807) is 6.07 Å². The lowest BCUT2D eigenvalue weighted by molar-refractivity contribution is -0.137. The minimum atomic E-state index is -0.993. The first kappa shape index (κ1) is 11.6. The van der Waals surface area contributed by atoms with E-state index in [0.29, 0.717) is 6.42 Å². The van der Waals surface area contributed by atoms with Gasteiger partial charge in [-0.05, 0) is 11.6 Å². The number of carboxylic acids is 1. The highest BCUT2D eigenvalue weighted by Gasteiger charge is 2.36. The Balaban J connectivity index is 2.50. The van der Waals surface area contributed by atoms with Crippen LogP contribution in [0.3, 0.4) is 0 Å². The van der Waals surface area contributed by atoms with E-state index in [0.717, 1.165) is 11.3 Å². The number of aliphatic carboxylic acids is 1. The fourth-order valence-corrected chi connectivity index (χ4v) is 2.29. The van der Waals surface area contributed by atoms with E-state index in [-0.39, 0.29) is 17.9 Å². The van der Waals surface area contributed by atoms with Crippen molar-refractivity contribution in [2.24, 2.45) is 0 Å². The first-order valence-electron chi connectivity index (χ1n) is 5.53. The predicted molar refractivity (Wildman–Crippen MR) is 64.1 cm³/mol. The van der Waals surface area contributed by atoms with Gasteiger partial charge in [-0.3, -0.25) is 9.59 Å². The molecule has 0 saturated carbocycles. The van der Waals surface area contributed by atoms with E-state index in [1.165, 1.54) is 4.90 Å². The molecule has 1 aromatic carbocycles. The molecule has 4 heteroatoms. The molecule has 1 aliphatic rings. The standard InChI is InChI=1S/C13H15NO3/c1-13(2)7-11(15)14(8-12(16)17)10-6-4-3-5-9(10)13/h3-6H,7-8H2,1-2H3,(H,16,17). The van der Waals surface area contributed by atoms with Crippen LogP contribution in [0.15, 0.2) is 24.3 Å². The summed E-state index contributed by atoms with van der Waals surface area (Å²) in [4.78, 5) is 24.1. The van der Waals surface area contributed by atoms with Crippen LogP contribution in [0.2, 0.25) is 0 Å². The highest BCUT2D eigenvalue weighted by Crippen LogP contribution is 2.39. The number of amides is 1.